The molecule has 2 N–H and O–H groups in total. The molecule has 2 aromatic heterocycles. The number of methoxy groups -OCH3 is 2. The largest absolute Gasteiger partial charge is 0.497 e. The molecule has 0 bridgehead atoms. The van der Waals surface area contributed by atoms with E-state index in [9.17, 15) is 4.79 Å². The summed E-state index contributed by atoms with van der Waals surface area (Å²) in [5.41, 5.74) is 2.37. The summed E-state index contributed by atoms with van der Waals surface area (Å²) in [6, 6.07) is 9.08. The molecule has 0 aliphatic carbocycles. The van der Waals surface area contributed by atoms with Crippen molar-refractivity contribution < 1.29 is 14.3 Å². The molecule has 0 saturated carbocycles. The molecule has 2 heterocycles. The molecule has 8 heteroatoms. The van der Waals surface area contributed by atoms with Gasteiger partial charge in [-0.05, 0) is 36.8 Å². The summed E-state index contributed by atoms with van der Waals surface area (Å²) in [6.07, 6.45) is 1.90. The van der Waals surface area contributed by atoms with Gasteiger partial charge in [0.15, 0.2) is 5.13 Å². The molecule has 27 heavy (non-hydrogen) atoms. The van der Waals surface area contributed by atoms with Gasteiger partial charge in [0, 0.05) is 17.6 Å². The van der Waals surface area contributed by atoms with Crippen molar-refractivity contribution in [2.24, 2.45) is 0 Å². The number of carbonyl (C=O) groups is 1. The van der Waals surface area contributed by atoms with Gasteiger partial charge in [0.25, 0.3) is 0 Å². The minimum absolute atomic E-state index is 0.161. The van der Waals surface area contributed by atoms with Crippen LogP contribution in [-0.4, -0.2) is 30.1 Å². The second-order valence-electron chi connectivity index (χ2n) is 5.78. The fourth-order valence-electron chi connectivity index (χ4n) is 2.42. The van der Waals surface area contributed by atoms with Crippen LogP contribution in [0.3, 0.4) is 0 Å². The van der Waals surface area contributed by atoms with Crippen LogP contribution in [0.25, 0.3) is 0 Å². The zero-order chi connectivity index (χ0) is 19.2. The van der Waals surface area contributed by atoms with Crippen molar-refractivity contribution in [3.63, 3.8) is 0 Å². The van der Waals surface area contributed by atoms with Gasteiger partial charge in [-0.15, -0.1) is 11.3 Å². The first-order valence-corrected chi connectivity index (χ1v) is 9.11. The monoisotopic (exact) mass is 384 g/mol. The summed E-state index contributed by atoms with van der Waals surface area (Å²) in [7, 11) is 3.12. The van der Waals surface area contributed by atoms with Crippen LogP contribution in [0.5, 0.6) is 11.5 Å². The first-order valence-electron chi connectivity index (χ1n) is 8.23. The Hall–Kier alpha value is -3.13. The van der Waals surface area contributed by atoms with E-state index in [4.69, 9.17) is 9.47 Å². The molecule has 0 atom stereocenters. The number of rotatable bonds is 7. The van der Waals surface area contributed by atoms with Gasteiger partial charge in [0.05, 0.1) is 32.0 Å². The van der Waals surface area contributed by atoms with Crippen LogP contribution in [0.1, 0.15) is 11.3 Å². The second kappa shape index (κ2) is 8.50. The van der Waals surface area contributed by atoms with E-state index in [0.29, 0.717) is 28.0 Å². The Kier molecular flexibility index (Phi) is 5.87. The summed E-state index contributed by atoms with van der Waals surface area (Å²) < 4.78 is 10.5. The lowest BCUT2D eigenvalue weighted by molar-refractivity contribution is -0.115. The predicted molar refractivity (Wildman–Crippen MR) is 106 cm³/mol. The summed E-state index contributed by atoms with van der Waals surface area (Å²) in [5, 5.41) is 8.53. The number of nitrogens with one attached hydrogen (secondary N) is 2. The molecule has 3 rings (SSSR count). The molecule has 0 fully saturated rings. The fourth-order valence-corrected chi connectivity index (χ4v) is 3.14. The van der Waals surface area contributed by atoms with E-state index in [1.54, 1.807) is 38.6 Å². The number of aryl methyl sites for hydroxylation is 1. The number of hydrogen-bond donors (Lipinski definition) is 2. The van der Waals surface area contributed by atoms with Crippen molar-refractivity contribution in [3.05, 3.63) is 53.2 Å². The van der Waals surface area contributed by atoms with E-state index in [1.165, 1.54) is 11.3 Å². The third-order valence-electron chi connectivity index (χ3n) is 3.73. The molecule has 0 saturated heterocycles. The molecule has 0 aliphatic rings. The van der Waals surface area contributed by atoms with Crippen molar-refractivity contribution in [3.8, 4) is 11.5 Å². The number of hydrogen-bond acceptors (Lipinski definition) is 7. The Balaban J connectivity index is 1.63. The van der Waals surface area contributed by atoms with E-state index in [2.05, 4.69) is 20.6 Å². The molecular formula is C19H20N4O3S. The first kappa shape index (κ1) is 18.7. The highest BCUT2D eigenvalue weighted by atomic mass is 32.1. The number of aromatic nitrogens is 2. The minimum atomic E-state index is -0.177. The highest BCUT2D eigenvalue weighted by molar-refractivity contribution is 7.13. The Labute approximate surface area is 161 Å². The van der Waals surface area contributed by atoms with E-state index in [1.807, 2.05) is 24.4 Å². The van der Waals surface area contributed by atoms with E-state index < -0.39 is 0 Å². The van der Waals surface area contributed by atoms with Crippen LogP contribution < -0.4 is 20.1 Å². The van der Waals surface area contributed by atoms with E-state index in [-0.39, 0.29) is 12.3 Å². The van der Waals surface area contributed by atoms with E-state index >= 15 is 0 Å². The molecule has 1 aromatic carbocycles. The molecule has 0 spiro atoms. The second-order valence-corrected chi connectivity index (χ2v) is 6.64. The molecular weight excluding hydrogens is 364 g/mol. The lowest BCUT2D eigenvalue weighted by Gasteiger charge is -2.11. The van der Waals surface area contributed by atoms with Gasteiger partial charge < -0.3 is 20.1 Å². The van der Waals surface area contributed by atoms with Crippen molar-refractivity contribution in [1.29, 1.82) is 0 Å². The maximum Gasteiger partial charge on any atom is 0.230 e. The highest BCUT2D eigenvalue weighted by Crippen LogP contribution is 2.29. The van der Waals surface area contributed by atoms with Gasteiger partial charge in [-0.25, -0.2) is 9.97 Å². The normalized spacial score (nSPS) is 10.3. The third kappa shape index (κ3) is 4.95. The topological polar surface area (TPSA) is 85.4 Å². The summed E-state index contributed by atoms with van der Waals surface area (Å²) >= 11 is 1.43. The number of anilines is 3. The number of benzene rings is 1. The number of nitrogens with zero attached hydrogens (tertiary/aromatic N) is 2. The SMILES string of the molecule is COc1ccc(NC(=O)Cc2csc(Nc3cc(C)ccn3)n2)c(OC)c1. The Morgan fingerprint density at radius 2 is 2.04 bits per heavy atom. The molecule has 3 aromatic rings. The number of thiazole rings is 1. The molecule has 140 valence electrons. The zero-order valence-corrected chi connectivity index (χ0v) is 16.1. The van der Waals surface area contributed by atoms with Gasteiger partial charge >= 0.3 is 0 Å². The minimum Gasteiger partial charge on any atom is -0.497 e. The number of ether oxygens (including phenoxy) is 2. The number of amides is 1. The van der Waals surface area contributed by atoms with Gasteiger partial charge in [-0.2, -0.15) is 0 Å². The van der Waals surface area contributed by atoms with Crippen LogP contribution in [0.15, 0.2) is 41.9 Å². The van der Waals surface area contributed by atoms with Gasteiger partial charge in [-0.3, -0.25) is 4.79 Å². The summed E-state index contributed by atoms with van der Waals surface area (Å²) in [6.45, 7) is 2.00. The predicted octanol–water partition coefficient (Wildman–Crippen LogP) is 3.79. The first-order chi connectivity index (χ1) is 13.1. The number of carbonyl (C=O) groups excluding carboxylic acids is 1. The van der Waals surface area contributed by atoms with Crippen LogP contribution in [0.4, 0.5) is 16.6 Å². The lowest BCUT2D eigenvalue weighted by atomic mass is 10.2. The zero-order valence-electron chi connectivity index (χ0n) is 15.3. The van der Waals surface area contributed by atoms with Crippen molar-refractivity contribution >= 4 is 33.9 Å². The summed E-state index contributed by atoms with van der Waals surface area (Å²) in [5.74, 6) is 1.74. The summed E-state index contributed by atoms with van der Waals surface area (Å²) in [4.78, 5) is 21.0. The number of pyridine rings is 1. The highest BCUT2D eigenvalue weighted by Gasteiger charge is 2.12. The standard InChI is InChI=1S/C19H20N4O3S/c1-12-6-7-20-17(8-12)23-19-21-13(11-27-19)9-18(24)22-15-5-4-14(25-2)10-16(15)26-3/h4-8,10-11H,9H2,1-3H3,(H,22,24)(H,20,21,23). The van der Waals surface area contributed by atoms with Gasteiger partial charge in [-0.1, -0.05) is 0 Å². The Bertz CT molecular complexity index is 942. The maximum atomic E-state index is 12.4. The third-order valence-corrected chi connectivity index (χ3v) is 4.53. The molecule has 7 nitrogen and oxygen atoms in total. The lowest BCUT2D eigenvalue weighted by Crippen LogP contribution is -2.15. The van der Waals surface area contributed by atoms with Gasteiger partial charge in [0.2, 0.25) is 5.91 Å². The van der Waals surface area contributed by atoms with Crippen LogP contribution in [0.2, 0.25) is 0 Å². The quantitative estimate of drug-likeness (QED) is 0.645. The Morgan fingerprint density at radius 3 is 2.78 bits per heavy atom. The van der Waals surface area contributed by atoms with Crippen molar-refractivity contribution in [1.82, 2.24) is 9.97 Å². The molecule has 0 radical (unpaired) electrons. The van der Waals surface area contributed by atoms with Crippen molar-refractivity contribution in [2.45, 2.75) is 13.3 Å². The van der Waals surface area contributed by atoms with Crippen LogP contribution >= 0.6 is 11.3 Å². The van der Waals surface area contributed by atoms with Gasteiger partial charge in [0.1, 0.15) is 17.3 Å². The van der Waals surface area contributed by atoms with E-state index in [0.717, 1.165) is 11.4 Å². The van der Waals surface area contributed by atoms with Crippen molar-refractivity contribution in [2.75, 3.05) is 24.9 Å². The molecule has 0 aliphatic heterocycles. The molecule has 0 unspecified atom stereocenters. The average Bonchev–Trinajstić information content (AvgIpc) is 3.08. The Morgan fingerprint density at radius 1 is 1.19 bits per heavy atom. The molecule has 1 amide bonds. The smallest absolute Gasteiger partial charge is 0.230 e. The van der Waals surface area contributed by atoms with Crippen LogP contribution in [0, 0.1) is 6.92 Å². The average molecular weight is 384 g/mol. The van der Waals surface area contributed by atoms with Crippen LogP contribution in [-0.2, 0) is 11.2 Å². The maximum absolute atomic E-state index is 12.4. The fraction of sp³-hybridized carbons (Fsp3) is 0.211.